The van der Waals surface area contributed by atoms with E-state index in [-0.39, 0.29) is 5.43 Å². The van der Waals surface area contributed by atoms with Crippen LogP contribution in [0.5, 0.6) is 0 Å². The fraction of sp³-hybridized carbons (Fsp3) is 0.722. The molecule has 4 nitrogen and oxygen atoms in total. The summed E-state index contributed by atoms with van der Waals surface area (Å²) in [4.78, 5) is 14.8. The van der Waals surface area contributed by atoms with Gasteiger partial charge >= 0.3 is 0 Å². The fourth-order valence-corrected chi connectivity index (χ4v) is 3.07. The summed E-state index contributed by atoms with van der Waals surface area (Å²) in [5.74, 6) is 0. The first kappa shape index (κ1) is 20.0. The van der Waals surface area contributed by atoms with Crippen LogP contribution in [0.25, 0.3) is 0 Å². The third kappa shape index (κ3) is 6.19. The van der Waals surface area contributed by atoms with E-state index in [1.165, 1.54) is 36.8 Å². The molecule has 1 aromatic heterocycles. The summed E-state index contributed by atoms with van der Waals surface area (Å²) in [7, 11) is 0. The summed E-state index contributed by atoms with van der Waals surface area (Å²) in [6.45, 7) is 6.26. The van der Waals surface area contributed by atoms with Gasteiger partial charge in [0.15, 0.2) is 5.43 Å². The number of hydrogen-bond acceptors (Lipinski definition) is 3. The minimum Gasteiger partial charge on any atom is -0.428 e. The Kier molecular flexibility index (Phi) is 9.34. The van der Waals surface area contributed by atoms with E-state index < -0.39 is 0 Å². The van der Waals surface area contributed by atoms with E-state index in [9.17, 15) is 10.0 Å². The van der Waals surface area contributed by atoms with Crippen LogP contribution in [0.2, 0.25) is 0 Å². The Morgan fingerprint density at radius 2 is 1.43 bits per heavy atom. The predicted octanol–water partition coefficient (Wildman–Crippen LogP) is 4.42. The molecule has 0 aromatic carbocycles. The van der Waals surface area contributed by atoms with Crippen molar-refractivity contribution in [2.75, 3.05) is 6.54 Å². The van der Waals surface area contributed by atoms with E-state index in [4.69, 9.17) is 11.8 Å². The number of aromatic nitrogens is 1. The molecule has 2 N–H and O–H groups in total. The lowest BCUT2D eigenvalue weighted by atomic mass is 10.0. The molecular formula is C18H31ClN2O2. The zero-order chi connectivity index (χ0) is 17.2. The highest BCUT2D eigenvalue weighted by atomic mass is 35.5. The molecule has 0 bridgehead atoms. The van der Waals surface area contributed by atoms with Gasteiger partial charge in [0.05, 0.1) is 11.4 Å². The van der Waals surface area contributed by atoms with Gasteiger partial charge in [-0.05, 0) is 51.8 Å². The highest BCUT2D eigenvalue weighted by molar-refractivity contribution is 6.13. The van der Waals surface area contributed by atoms with Gasteiger partial charge in [-0.3, -0.25) is 4.79 Å². The highest BCUT2D eigenvalue weighted by Gasteiger charge is 2.13. The Balaban J connectivity index is 2.28. The topological polar surface area (TPSA) is 54.3 Å². The van der Waals surface area contributed by atoms with Crippen molar-refractivity contribution in [2.24, 2.45) is 0 Å². The normalized spacial score (nSPS) is 11.1. The van der Waals surface area contributed by atoms with Crippen molar-refractivity contribution in [3.63, 3.8) is 0 Å². The molecule has 0 fully saturated rings. The average Bonchev–Trinajstić information content (AvgIpc) is 2.55. The molecule has 1 rings (SSSR count). The first-order chi connectivity index (χ1) is 11.0. The molecule has 0 unspecified atom stereocenters. The smallest absolute Gasteiger partial charge is 0.188 e. The quantitative estimate of drug-likeness (QED) is 0.355. The molecule has 5 heteroatoms. The first-order valence-electron chi connectivity index (χ1n) is 8.75. The van der Waals surface area contributed by atoms with Gasteiger partial charge in [0.2, 0.25) is 0 Å². The molecule has 0 aliphatic carbocycles. The summed E-state index contributed by atoms with van der Waals surface area (Å²) < 4.78 is 1.21. The molecule has 1 heterocycles. The zero-order valence-electron chi connectivity index (χ0n) is 14.8. The molecule has 0 saturated carbocycles. The SMILES string of the molecule is Cc1c(C)n(O)c(CCCCCCCCCCNCl)c(C)c1=O. The van der Waals surface area contributed by atoms with E-state index in [2.05, 4.69) is 4.84 Å². The standard InChI is InChI=1S/C18H31ClN2O2/c1-14-16(3)21(23)17(15(2)18(14)22)12-10-8-6-4-5-7-9-11-13-20-19/h20,23H,4-13H2,1-3H3. The number of halogens is 1. The second-order valence-corrected chi connectivity index (χ2v) is 6.65. The number of rotatable bonds is 11. The molecule has 0 amide bonds. The van der Waals surface area contributed by atoms with Crippen molar-refractivity contribution in [1.82, 2.24) is 9.57 Å². The molecule has 0 aliphatic heterocycles. The van der Waals surface area contributed by atoms with Gasteiger partial charge < -0.3 is 5.21 Å². The van der Waals surface area contributed by atoms with E-state index in [0.717, 1.165) is 37.9 Å². The average molecular weight is 343 g/mol. The van der Waals surface area contributed by atoms with Crippen molar-refractivity contribution in [2.45, 2.75) is 78.6 Å². The summed E-state index contributed by atoms with van der Waals surface area (Å²) in [6.07, 6.45) is 10.3. The van der Waals surface area contributed by atoms with Crippen LogP contribution in [-0.2, 0) is 6.42 Å². The van der Waals surface area contributed by atoms with Gasteiger partial charge in [-0.1, -0.05) is 38.5 Å². The van der Waals surface area contributed by atoms with Crippen molar-refractivity contribution in [1.29, 1.82) is 0 Å². The van der Waals surface area contributed by atoms with Crippen LogP contribution >= 0.6 is 11.8 Å². The van der Waals surface area contributed by atoms with Crippen molar-refractivity contribution in [3.05, 3.63) is 32.7 Å². The molecule has 0 radical (unpaired) electrons. The third-order valence-electron chi connectivity index (χ3n) is 4.66. The molecule has 0 saturated heterocycles. The van der Waals surface area contributed by atoms with Gasteiger partial charge in [0.1, 0.15) is 0 Å². The van der Waals surface area contributed by atoms with Gasteiger partial charge in [-0.25, -0.2) is 4.84 Å². The van der Waals surface area contributed by atoms with Crippen LogP contribution in [0.1, 0.15) is 73.9 Å². The van der Waals surface area contributed by atoms with Gasteiger partial charge in [0, 0.05) is 17.7 Å². The molecule has 0 aliphatic rings. The maximum absolute atomic E-state index is 12.1. The van der Waals surface area contributed by atoms with Crippen LogP contribution < -0.4 is 10.3 Å². The van der Waals surface area contributed by atoms with Crippen LogP contribution in [0, 0.1) is 20.8 Å². The maximum Gasteiger partial charge on any atom is 0.188 e. The molecule has 0 atom stereocenters. The third-order valence-corrected chi connectivity index (χ3v) is 4.85. The molecule has 23 heavy (non-hydrogen) atoms. The van der Waals surface area contributed by atoms with Crippen molar-refractivity contribution >= 4 is 11.8 Å². The zero-order valence-corrected chi connectivity index (χ0v) is 15.5. The van der Waals surface area contributed by atoms with E-state index in [1.54, 1.807) is 13.8 Å². The highest BCUT2D eigenvalue weighted by Crippen LogP contribution is 2.14. The monoisotopic (exact) mass is 342 g/mol. The predicted molar refractivity (Wildman–Crippen MR) is 96.6 cm³/mol. The minimum atomic E-state index is 0.0641. The largest absolute Gasteiger partial charge is 0.428 e. The Hall–Kier alpha value is -1.00. The second-order valence-electron chi connectivity index (χ2n) is 6.39. The van der Waals surface area contributed by atoms with Crippen molar-refractivity contribution < 1.29 is 5.21 Å². The lowest BCUT2D eigenvalue weighted by molar-refractivity contribution is 0.165. The number of hydrogen-bond donors (Lipinski definition) is 2. The number of unbranched alkanes of at least 4 members (excludes halogenated alkanes) is 7. The summed E-state index contributed by atoms with van der Waals surface area (Å²) in [5.41, 5.74) is 2.81. The Morgan fingerprint density at radius 3 is 2.00 bits per heavy atom. The van der Waals surface area contributed by atoms with Crippen LogP contribution in [0.4, 0.5) is 0 Å². The molecule has 1 aromatic rings. The molecule has 132 valence electrons. The number of nitrogens with one attached hydrogen (secondary N) is 1. The van der Waals surface area contributed by atoms with Crippen molar-refractivity contribution in [3.8, 4) is 0 Å². The summed E-state index contributed by atoms with van der Waals surface area (Å²) >= 11 is 5.41. The summed E-state index contributed by atoms with van der Waals surface area (Å²) in [5, 5.41) is 10.2. The number of pyridine rings is 1. The van der Waals surface area contributed by atoms with Crippen LogP contribution in [-0.4, -0.2) is 16.5 Å². The van der Waals surface area contributed by atoms with E-state index in [1.807, 2.05) is 6.92 Å². The molecule has 0 spiro atoms. The van der Waals surface area contributed by atoms with Crippen LogP contribution in [0.15, 0.2) is 4.79 Å². The Bertz CT molecular complexity index is 541. The minimum absolute atomic E-state index is 0.0641. The lowest BCUT2D eigenvalue weighted by Gasteiger charge is -2.15. The second kappa shape index (κ2) is 10.7. The van der Waals surface area contributed by atoms with Gasteiger partial charge in [0.25, 0.3) is 0 Å². The fourth-order valence-electron chi connectivity index (χ4n) is 2.94. The maximum atomic E-state index is 12.1. The van der Waals surface area contributed by atoms with Gasteiger partial charge in [-0.2, -0.15) is 4.73 Å². The van der Waals surface area contributed by atoms with E-state index in [0.29, 0.717) is 16.8 Å². The lowest BCUT2D eigenvalue weighted by Crippen LogP contribution is -2.21. The molecular weight excluding hydrogens is 312 g/mol. The van der Waals surface area contributed by atoms with E-state index >= 15 is 0 Å². The Labute approximate surface area is 144 Å². The Morgan fingerprint density at radius 1 is 0.913 bits per heavy atom. The first-order valence-corrected chi connectivity index (χ1v) is 9.13. The number of nitrogens with zero attached hydrogens (tertiary/aromatic N) is 1. The van der Waals surface area contributed by atoms with Gasteiger partial charge in [-0.15, -0.1) is 0 Å². The van der Waals surface area contributed by atoms with Crippen LogP contribution in [0.3, 0.4) is 0 Å². The summed E-state index contributed by atoms with van der Waals surface area (Å²) in [6, 6.07) is 0.